The highest BCUT2D eigenvalue weighted by Crippen LogP contribution is 2.43. The number of carbonyl (C=O) groups is 2. The van der Waals surface area contributed by atoms with E-state index in [2.05, 4.69) is 41.5 Å². The van der Waals surface area contributed by atoms with Gasteiger partial charge in [0.25, 0.3) is 0 Å². The van der Waals surface area contributed by atoms with Crippen molar-refractivity contribution in [3.05, 3.63) is 45.3 Å². The summed E-state index contributed by atoms with van der Waals surface area (Å²) >= 11 is 0. The number of ether oxygens (including phenoxy) is 2. The van der Waals surface area contributed by atoms with Crippen molar-refractivity contribution in [1.82, 2.24) is 4.90 Å². The Morgan fingerprint density at radius 2 is 0.967 bits per heavy atom. The number of phosphoric ester groups is 1. The molecule has 0 aliphatic rings. The van der Waals surface area contributed by atoms with E-state index in [1.54, 1.807) is 0 Å². The van der Waals surface area contributed by atoms with Crippen molar-refractivity contribution in [1.29, 1.82) is 0 Å². The van der Waals surface area contributed by atoms with E-state index in [-0.39, 0.29) is 26.1 Å². The molecule has 0 fully saturated rings. The van der Waals surface area contributed by atoms with Gasteiger partial charge in [-0.15, -0.1) is 0 Å². The second kappa shape index (κ2) is 32.3. The summed E-state index contributed by atoms with van der Waals surface area (Å²) < 4.78 is 46.0. The highest BCUT2D eigenvalue weighted by molar-refractivity contribution is 7.47. The first kappa shape index (κ1) is 54.7. The number of furan rings is 2. The van der Waals surface area contributed by atoms with Crippen molar-refractivity contribution in [3.8, 4) is 0 Å². The number of carbonyl (C=O) groups excluding carboxylic acids is 2. The Kier molecular flexibility index (Phi) is 28.9. The van der Waals surface area contributed by atoms with Gasteiger partial charge >= 0.3 is 19.8 Å². The molecule has 0 bridgehead atoms. The number of nitrogens with zero attached hydrogens (tertiary/aromatic N) is 1. The number of hydrogen-bond donors (Lipinski definition) is 1. The van der Waals surface area contributed by atoms with E-state index < -0.39 is 32.5 Å². The number of rotatable bonds is 38. The Morgan fingerprint density at radius 1 is 0.557 bits per heavy atom. The maximum absolute atomic E-state index is 12.8. The minimum atomic E-state index is -4.39. The number of hydrogen-bond acceptors (Lipinski definition) is 10. The lowest BCUT2D eigenvalue weighted by Gasteiger charge is -2.20. The summed E-state index contributed by atoms with van der Waals surface area (Å²) in [6.07, 6.45) is 25.3. The van der Waals surface area contributed by atoms with Gasteiger partial charge in [-0.2, -0.15) is 0 Å². The Morgan fingerprint density at radius 3 is 1.41 bits per heavy atom. The molecule has 0 aliphatic heterocycles. The van der Waals surface area contributed by atoms with Crippen LogP contribution in [0.1, 0.15) is 200 Å². The second-order valence-electron chi connectivity index (χ2n) is 17.5. The van der Waals surface area contributed by atoms with Gasteiger partial charge in [-0.3, -0.25) is 18.6 Å². The molecule has 0 spiro atoms. The summed E-state index contributed by atoms with van der Waals surface area (Å²) in [6.45, 7) is 12.9. The first-order valence-electron chi connectivity index (χ1n) is 24.0. The zero-order chi connectivity index (χ0) is 44.9. The number of aryl methyl sites for hydroxylation is 4. The highest BCUT2D eigenvalue weighted by Gasteiger charge is 2.26. The molecule has 2 rings (SSSR count). The fraction of sp³-hybridized carbons (Fsp3) is 0.796. The first-order chi connectivity index (χ1) is 29.3. The Labute approximate surface area is 370 Å². The third-order valence-corrected chi connectivity index (χ3v) is 12.8. The maximum atomic E-state index is 12.8. The van der Waals surface area contributed by atoms with Crippen molar-refractivity contribution >= 4 is 19.8 Å². The maximum Gasteiger partial charge on any atom is 0.472 e. The normalized spacial score (nSPS) is 13.2. The van der Waals surface area contributed by atoms with E-state index in [9.17, 15) is 19.0 Å². The molecular formula is C49H86NO10P. The molecule has 0 saturated heterocycles. The molecule has 0 aromatic carbocycles. The van der Waals surface area contributed by atoms with Crippen LogP contribution in [0.3, 0.4) is 0 Å². The van der Waals surface area contributed by atoms with Crippen LogP contribution in [-0.4, -0.2) is 68.3 Å². The van der Waals surface area contributed by atoms with Crippen molar-refractivity contribution in [2.45, 2.75) is 215 Å². The molecule has 2 heterocycles. The van der Waals surface area contributed by atoms with Crippen molar-refractivity contribution in [3.63, 3.8) is 0 Å². The summed E-state index contributed by atoms with van der Waals surface area (Å²) in [5.74, 6) is 3.77. The molecule has 1 N–H and O–H groups in total. The molecule has 352 valence electrons. The fourth-order valence-corrected chi connectivity index (χ4v) is 8.30. The first-order valence-corrected chi connectivity index (χ1v) is 25.5. The minimum absolute atomic E-state index is 0.00451. The van der Waals surface area contributed by atoms with Gasteiger partial charge in [-0.1, -0.05) is 104 Å². The average Bonchev–Trinajstić information content (AvgIpc) is 3.64. The molecule has 2 atom stereocenters. The van der Waals surface area contributed by atoms with E-state index in [1.165, 1.54) is 91.6 Å². The van der Waals surface area contributed by atoms with Crippen LogP contribution in [0.25, 0.3) is 0 Å². The molecular weight excluding hydrogens is 794 g/mol. The topological polar surface area (TPSA) is 138 Å². The molecule has 0 aliphatic carbocycles. The third-order valence-electron chi connectivity index (χ3n) is 11.8. The Bertz CT molecular complexity index is 1530. The zero-order valence-electron chi connectivity index (χ0n) is 39.8. The van der Waals surface area contributed by atoms with Crippen LogP contribution in [0.2, 0.25) is 0 Å². The SMILES string of the molecule is CCCCCc1oc(CCCCCCCCCCCCC(=O)O[C@H](COC(=O)CCCCCCCCc2oc(CCC)c(C)c2C)COP(=O)(O)OCCN(C)C)c(C)c1C. The van der Waals surface area contributed by atoms with Crippen LogP contribution in [0.5, 0.6) is 0 Å². The van der Waals surface area contributed by atoms with Gasteiger partial charge in [0.1, 0.15) is 29.6 Å². The summed E-state index contributed by atoms with van der Waals surface area (Å²) in [5, 5.41) is 0. The molecule has 0 radical (unpaired) electrons. The second-order valence-corrected chi connectivity index (χ2v) is 18.9. The number of esters is 2. The molecule has 0 saturated carbocycles. The zero-order valence-corrected chi connectivity index (χ0v) is 40.7. The Hall–Kier alpha value is -2.43. The van der Waals surface area contributed by atoms with Crippen molar-refractivity contribution in [2.24, 2.45) is 0 Å². The van der Waals surface area contributed by atoms with Crippen LogP contribution < -0.4 is 0 Å². The molecule has 12 heteroatoms. The summed E-state index contributed by atoms with van der Waals surface area (Å²) in [4.78, 5) is 37.3. The molecule has 11 nitrogen and oxygen atoms in total. The lowest BCUT2D eigenvalue weighted by Crippen LogP contribution is -2.29. The van der Waals surface area contributed by atoms with E-state index in [4.69, 9.17) is 27.4 Å². The minimum Gasteiger partial charge on any atom is -0.466 e. The van der Waals surface area contributed by atoms with Gasteiger partial charge in [0.2, 0.25) is 0 Å². The Balaban J connectivity index is 1.61. The van der Waals surface area contributed by atoms with Gasteiger partial charge in [0.15, 0.2) is 6.10 Å². The standard InChI is InChI=1S/C49H86NO10P/c1-9-11-24-30-45-41(5)42(6)47(60-45)32-25-20-16-14-12-13-15-17-23-28-34-49(52)58-43(38-57-61(53,54)56-36-35-50(7)8)37-55-48(51)33-27-22-19-18-21-26-31-46-40(4)39(3)44(59-46)29-10-2/h43H,9-38H2,1-8H3,(H,53,54)/t43-/m1/s1. The summed E-state index contributed by atoms with van der Waals surface area (Å²) in [6, 6.07) is 0. The molecule has 2 aromatic heterocycles. The third kappa shape index (κ3) is 24.3. The van der Waals surface area contributed by atoms with Gasteiger partial charge in [0.05, 0.1) is 13.2 Å². The fourth-order valence-electron chi connectivity index (χ4n) is 7.56. The molecule has 0 amide bonds. The molecule has 61 heavy (non-hydrogen) atoms. The van der Waals surface area contributed by atoms with Gasteiger partial charge in [-0.25, -0.2) is 4.57 Å². The van der Waals surface area contributed by atoms with Crippen molar-refractivity contribution < 1.29 is 46.4 Å². The summed E-state index contributed by atoms with van der Waals surface area (Å²) in [5.41, 5.74) is 5.27. The van der Waals surface area contributed by atoms with E-state index in [0.717, 1.165) is 95.0 Å². The predicted molar refractivity (Wildman–Crippen MR) is 245 cm³/mol. The number of unbranched alkanes of at least 4 members (excludes halogenated alkanes) is 16. The molecule has 1 unspecified atom stereocenters. The van der Waals surface area contributed by atoms with Gasteiger partial charge < -0.3 is 28.1 Å². The quantitative estimate of drug-likeness (QED) is 0.0392. The number of likely N-dealkylation sites (N-methyl/N-ethyl adjacent to an activating group) is 1. The van der Waals surface area contributed by atoms with E-state index >= 15 is 0 Å². The lowest BCUT2D eigenvalue weighted by atomic mass is 10.0. The number of phosphoric acid groups is 1. The predicted octanol–water partition coefficient (Wildman–Crippen LogP) is 12.7. The van der Waals surface area contributed by atoms with Crippen molar-refractivity contribution in [2.75, 3.05) is 40.5 Å². The largest absolute Gasteiger partial charge is 0.472 e. The van der Waals surface area contributed by atoms with Crippen LogP contribution in [0.15, 0.2) is 8.83 Å². The van der Waals surface area contributed by atoms with Gasteiger partial charge in [-0.05, 0) is 103 Å². The van der Waals surface area contributed by atoms with Gasteiger partial charge in [0, 0.05) is 45.1 Å². The summed E-state index contributed by atoms with van der Waals surface area (Å²) in [7, 11) is -0.744. The van der Waals surface area contributed by atoms with Crippen LogP contribution in [0, 0.1) is 27.7 Å². The van der Waals surface area contributed by atoms with Crippen LogP contribution in [-0.2, 0) is 58.4 Å². The van der Waals surface area contributed by atoms with Crippen LogP contribution >= 0.6 is 7.82 Å². The monoisotopic (exact) mass is 880 g/mol. The lowest BCUT2D eigenvalue weighted by molar-refractivity contribution is -0.161. The van der Waals surface area contributed by atoms with Crippen LogP contribution in [0.4, 0.5) is 0 Å². The van der Waals surface area contributed by atoms with E-state index in [0.29, 0.717) is 19.4 Å². The highest BCUT2D eigenvalue weighted by atomic mass is 31.2. The average molecular weight is 880 g/mol. The molecule has 2 aromatic rings. The smallest absolute Gasteiger partial charge is 0.466 e. The van der Waals surface area contributed by atoms with E-state index in [1.807, 2.05) is 19.0 Å².